The van der Waals surface area contributed by atoms with Gasteiger partial charge in [0.25, 0.3) is 0 Å². The Labute approximate surface area is 353 Å². The molecule has 0 spiro atoms. The fourth-order valence-corrected chi connectivity index (χ4v) is 10.2. The number of fused-ring (bicyclic) bond motifs is 4. The van der Waals surface area contributed by atoms with E-state index in [2.05, 4.69) is 5.32 Å². The van der Waals surface area contributed by atoms with E-state index in [1.54, 1.807) is 19.2 Å². The quantitative estimate of drug-likeness (QED) is 0.120. The molecular formula is C44H55N3O14. The van der Waals surface area contributed by atoms with Crippen LogP contribution in [0.1, 0.15) is 48.8 Å². The van der Waals surface area contributed by atoms with Gasteiger partial charge in [-0.05, 0) is 42.4 Å². The van der Waals surface area contributed by atoms with Crippen LogP contribution in [-0.2, 0) is 55.9 Å². The fourth-order valence-electron chi connectivity index (χ4n) is 10.2. The second-order valence-electron chi connectivity index (χ2n) is 17.4. The number of hydrogen-bond acceptors (Lipinski definition) is 15. The monoisotopic (exact) mass is 849 g/mol. The number of amides is 2. The zero-order valence-electron chi connectivity index (χ0n) is 33.9. The van der Waals surface area contributed by atoms with Gasteiger partial charge in [-0.15, -0.1) is 0 Å². The molecule has 0 unspecified atom stereocenters. The number of carbonyl (C=O) groups excluding carboxylic acids is 3. The summed E-state index contributed by atoms with van der Waals surface area (Å²) in [4.78, 5) is 52.2. The van der Waals surface area contributed by atoms with Gasteiger partial charge in [0.2, 0.25) is 11.8 Å². The zero-order chi connectivity index (χ0) is 42.6. The van der Waals surface area contributed by atoms with E-state index in [1.165, 1.54) is 9.96 Å². The average molecular weight is 850 g/mol. The van der Waals surface area contributed by atoms with Crippen molar-refractivity contribution in [1.82, 2.24) is 15.3 Å². The molecule has 4 saturated heterocycles. The number of benzene rings is 2. The van der Waals surface area contributed by atoms with Crippen LogP contribution in [0.15, 0.2) is 60.7 Å². The van der Waals surface area contributed by atoms with E-state index >= 15 is 4.79 Å². The molecule has 4 heterocycles. The van der Waals surface area contributed by atoms with Gasteiger partial charge in [0.1, 0.15) is 60.3 Å². The molecule has 61 heavy (non-hydrogen) atoms. The minimum absolute atomic E-state index is 0.000909. The van der Waals surface area contributed by atoms with Crippen molar-refractivity contribution in [2.45, 2.75) is 118 Å². The van der Waals surface area contributed by atoms with E-state index in [-0.39, 0.29) is 51.0 Å². The highest BCUT2D eigenvalue weighted by Gasteiger charge is 2.78. The maximum absolute atomic E-state index is 15.5. The number of ether oxygens (including phenoxy) is 5. The number of aliphatic hydroxyl groups excluding tert-OH is 5. The first-order valence-corrected chi connectivity index (χ1v) is 21.4. The van der Waals surface area contributed by atoms with Crippen LogP contribution in [0.3, 0.4) is 0 Å². The number of hydrogen-bond donors (Lipinski definition) is 6. The molecule has 2 aromatic carbocycles. The molecule has 3 saturated carbocycles. The predicted octanol–water partition coefficient (Wildman–Crippen LogP) is -0.205. The van der Waals surface area contributed by atoms with Crippen LogP contribution in [-0.4, -0.2) is 160 Å². The summed E-state index contributed by atoms with van der Waals surface area (Å²) in [6.07, 6.45) is -2.67. The second-order valence-corrected chi connectivity index (χ2v) is 17.4. The van der Waals surface area contributed by atoms with Crippen molar-refractivity contribution in [3.63, 3.8) is 0 Å². The van der Waals surface area contributed by atoms with E-state index in [0.717, 1.165) is 42.4 Å². The summed E-state index contributed by atoms with van der Waals surface area (Å²) < 4.78 is 31.3. The van der Waals surface area contributed by atoms with Crippen LogP contribution >= 0.6 is 0 Å². The zero-order valence-corrected chi connectivity index (χ0v) is 33.9. The van der Waals surface area contributed by atoms with Gasteiger partial charge in [0.15, 0.2) is 18.1 Å². The highest BCUT2D eigenvalue weighted by Crippen LogP contribution is 2.64. The van der Waals surface area contributed by atoms with Crippen molar-refractivity contribution in [2.75, 3.05) is 33.4 Å². The number of likely N-dealkylation sites (N-methyl/N-ethyl adjacent to an activating group) is 1. The Balaban J connectivity index is 1.02. The van der Waals surface area contributed by atoms with Crippen molar-refractivity contribution in [1.29, 1.82) is 0 Å². The summed E-state index contributed by atoms with van der Waals surface area (Å²) in [5.41, 5.74) is 0.746. The van der Waals surface area contributed by atoms with Gasteiger partial charge in [0, 0.05) is 38.3 Å². The van der Waals surface area contributed by atoms with E-state index in [9.17, 15) is 35.1 Å². The van der Waals surface area contributed by atoms with Crippen molar-refractivity contribution in [3.05, 3.63) is 77.4 Å². The Morgan fingerprint density at radius 1 is 0.967 bits per heavy atom. The summed E-state index contributed by atoms with van der Waals surface area (Å²) in [6, 6.07) is 14.5. The van der Waals surface area contributed by atoms with E-state index in [0.29, 0.717) is 0 Å². The number of nitrogens with one attached hydrogen (secondary N) is 1. The summed E-state index contributed by atoms with van der Waals surface area (Å²) in [6.45, 7) is -0.881. The van der Waals surface area contributed by atoms with Crippen LogP contribution in [0.5, 0.6) is 0 Å². The third-order valence-electron chi connectivity index (χ3n) is 13.5. The minimum atomic E-state index is -1.57. The SMILES string of the molecule is CN(C(=O)[C@@]12C[C@H]3OC(=O)[C@@H]1N(Cc1ccccc1C=CCO[C@H]1O[C@H](CO)[C@H](O)[C@H](O)[C@H]1O)O[C@@H]2[C@H]1OC(C2CC2)(C2CC2)O[C@H]13)[C@H](Cc1ccccc1)C(=O)NCCO. The standard InChI is InChI=1S/C44H55N3O14/c1-46(29(39(53)45-17-18-48)20-24-8-3-2-4-9-24)42(55)43-21-30-35-36(60-44(59-35,27-13-14-27)28-15-16-28)38(43)61-47(37(43)40(54)57-30)22-26-11-6-5-10-25(26)12-7-19-56-41-34(52)33(51)32(50)31(23-49)58-41/h2-12,27-38,41,48-52H,13-23H2,1H3,(H,45,53)/t29-,30-,31-,32+,33+,34-,35+,36+,37+,38-,41+,43+/m1/s1. The predicted molar refractivity (Wildman–Crippen MR) is 211 cm³/mol. The molecule has 17 nitrogen and oxygen atoms in total. The molecule has 17 heteroatoms. The highest BCUT2D eigenvalue weighted by atomic mass is 16.8. The molecule has 12 atom stereocenters. The Morgan fingerprint density at radius 2 is 1.67 bits per heavy atom. The van der Waals surface area contributed by atoms with Gasteiger partial charge < -0.3 is 59.4 Å². The third-order valence-corrected chi connectivity index (χ3v) is 13.5. The average Bonchev–Trinajstić information content (AvgIpc) is 4.22. The van der Waals surface area contributed by atoms with Gasteiger partial charge in [0.05, 0.1) is 26.4 Å². The second kappa shape index (κ2) is 17.0. The summed E-state index contributed by atoms with van der Waals surface area (Å²) in [5.74, 6) is -2.00. The van der Waals surface area contributed by atoms with Crippen LogP contribution < -0.4 is 5.32 Å². The lowest BCUT2D eigenvalue weighted by Gasteiger charge is -2.50. The molecule has 330 valence electrons. The summed E-state index contributed by atoms with van der Waals surface area (Å²) in [5, 5.41) is 54.1. The number of nitrogens with zero attached hydrogens (tertiary/aromatic N) is 2. The van der Waals surface area contributed by atoms with Crippen LogP contribution in [0.4, 0.5) is 0 Å². The van der Waals surface area contributed by atoms with Crippen molar-refractivity contribution < 1.29 is 68.4 Å². The Kier molecular flexibility index (Phi) is 11.8. The molecule has 4 aliphatic heterocycles. The number of esters is 1. The summed E-state index contributed by atoms with van der Waals surface area (Å²) in [7, 11) is 1.57. The van der Waals surface area contributed by atoms with Crippen LogP contribution in [0.25, 0.3) is 6.08 Å². The summed E-state index contributed by atoms with van der Waals surface area (Å²) >= 11 is 0. The topological polar surface area (TPSA) is 226 Å². The maximum Gasteiger partial charge on any atom is 0.327 e. The largest absolute Gasteiger partial charge is 0.458 e. The molecule has 0 aromatic heterocycles. The van der Waals surface area contributed by atoms with Gasteiger partial charge >= 0.3 is 5.97 Å². The van der Waals surface area contributed by atoms with Crippen LogP contribution in [0, 0.1) is 17.3 Å². The van der Waals surface area contributed by atoms with Gasteiger partial charge in [-0.1, -0.05) is 66.7 Å². The molecule has 6 N–H and O–H groups in total. The Hall–Kier alpha value is -3.85. The van der Waals surface area contributed by atoms with E-state index < -0.39 is 103 Å². The first kappa shape index (κ1) is 42.5. The third kappa shape index (κ3) is 7.60. The number of aliphatic hydroxyl groups is 5. The fraction of sp³-hybridized carbons (Fsp3) is 0.614. The van der Waals surface area contributed by atoms with Crippen molar-refractivity contribution in [2.24, 2.45) is 17.3 Å². The first-order chi connectivity index (χ1) is 29.5. The lowest BCUT2D eigenvalue weighted by molar-refractivity contribution is -0.298. The molecule has 9 rings (SSSR count). The molecule has 3 aliphatic carbocycles. The van der Waals surface area contributed by atoms with Gasteiger partial charge in [-0.3, -0.25) is 19.2 Å². The molecule has 7 fully saturated rings. The number of rotatable bonds is 16. The first-order valence-electron chi connectivity index (χ1n) is 21.4. The highest BCUT2D eigenvalue weighted by molar-refractivity contribution is 5.96. The lowest BCUT2D eigenvalue weighted by Crippen LogP contribution is -2.70. The Bertz CT molecular complexity index is 1950. The molecular weight excluding hydrogens is 794 g/mol. The molecule has 0 radical (unpaired) electrons. The minimum Gasteiger partial charge on any atom is -0.458 e. The maximum atomic E-state index is 15.5. The Morgan fingerprint density at radius 3 is 2.38 bits per heavy atom. The number of hydroxylamine groups is 2. The number of carbonyl (C=O) groups is 3. The lowest BCUT2D eigenvalue weighted by atomic mass is 9.62. The van der Waals surface area contributed by atoms with Crippen LogP contribution in [0.2, 0.25) is 0 Å². The smallest absolute Gasteiger partial charge is 0.327 e. The van der Waals surface area contributed by atoms with Gasteiger partial charge in [-0.25, -0.2) is 0 Å². The normalized spacial score (nSPS) is 35.7. The van der Waals surface area contributed by atoms with Crippen molar-refractivity contribution >= 4 is 23.9 Å². The van der Waals surface area contributed by atoms with Gasteiger partial charge in [-0.2, -0.15) is 5.06 Å². The van der Waals surface area contributed by atoms with Crippen molar-refractivity contribution in [3.8, 4) is 0 Å². The molecule has 7 aliphatic rings. The van der Waals surface area contributed by atoms with E-state index in [4.69, 9.17) is 28.5 Å². The molecule has 2 amide bonds. The molecule has 2 aromatic rings. The molecule has 2 bridgehead atoms. The van der Waals surface area contributed by atoms with E-state index in [1.807, 2.05) is 54.6 Å².